The molecule has 0 aliphatic carbocycles. The van der Waals surface area contributed by atoms with Gasteiger partial charge in [-0.15, -0.1) is 0 Å². The third-order valence-corrected chi connectivity index (χ3v) is 7.10. The summed E-state index contributed by atoms with van der Waals surface area (Å²) in [4.78, 5) is 14.5. The van der Waals surface area contributed by atoms with E-state index in [0.717, 1.165) is 58.0 Å². The van der Waals surface area contributed by atoms with E-state index in [9.17, 15) is 20.1 Å². The zero-order chi connectivity index (χ0) is 25.6. The van der Waals surface area contributed by atoms with Gasteiger partial charge in [-0.25, -0.2) is 0 Å². The van der Waals surface area contributed by atoms with Crippen molar-refractivity contribution in [2.75, 3.05) is 53.7 Å². The van der Waals surface area contributed by atoms with Crippen molar-refractivity contribution in [3.63, 3.8) is 0 Å². The Morgan fingerprint density at radius 3 is 2.43 bits per heavy atom. The fourth-order valence-corrected chi connectivity index (χ4v) is 4.81. The Morgan fingerprint density at radius 2 is 1.77 bits per heavy atom. The van der Waals surface area contributed by atoms with E-state index in [1.807, 2.05) is 4.90 Å². The number of unbranched alkanes of at least 4 members (excludes halogenated alkanes) is 4. The fourth-order valence-electron chi connectivity index (χ4n) is 4.81. The van der Waals surface area contributed by atoms with Crippen LogP contribution < -0.4 is 5.32 Å². The predicted octanol–water partition coefficient (Wildman–Crippen LogP) is 0.661. The lowest BCUT2D eigenvalue weighted by atomic mass is 9.92. The molecule has 7 atom stereocenters. The molecule has 1 amide bonds. The molecule has 2 fully saturated rings. The van der Waals surface area contributed by atoms with Gasteiger partial charge in [0.15, 0.2) is 6.29 Å². The number of likely N-dealkylation sites (tertiary alicyclic amines) is 1. The van der Waals surface area contributed by atoms with Crippen molar-refractivity contribution in [2.24, 2.45) is 5.92 Å². The smallest absolute Gasteiger partial charge is 0.222 e. The number of ether oxygens (including phenoxy) is 4. The van der Waals surface area contributed by atoms with Crippen molar-refractivity contribution in [3.8, 4) is 0 Å². The highest BCUT2D eigenvalue weighted by atomic mass is 16.7. The Bertz CT molecular complexity index is 582. The molecule has 206 valence electrons. The summed E-state index contributed by atoms with van der Waals surface area (Å²) >= 11 is 0. The molecule has 0 aromatic heterocycles. The van der Waals surface area contributed by atoms with Crippen LogP contribution in [0, 0.1) is 5.92 Å². The molecule has 35 heavy (non-hydrogen) atoms. The first kappa shape index (κ1) is 30.4. The summed E-state index contributed by atoms with van der Waals surface area (Å²) in [6.45, 7) is 5.04. The lowest BCUT2D eigenvalue weighted by Gasteiger charge is -2.40. The van der Waals surface area contributed by atoms with Gasteiger partial charge in [-0.3, -0.25) is 4.79 Å². The molecule has 2 aliphatic rings. The molecule has 2 aliphatic heterocycles. The van der Waals surface area contributed by atoms with Gasteiger partial charge in [0, 0.05) is 39.7 Å². The highest BCUT2D eigenvalue weighted by Gasteiger charge is 2.42. The average molecular weight is 505 g/mol. The minimum atomic E-state index is -1.09. The minimum Gasteiger partial charge on any atom is -0.394 e. The molecule has 4 N–H and O–H groups in total. The highest BCUT2D eigenvalue weighted by Crippen LogP contribution is 2.27. The number of carbonyl (C=O) groups is 1. The van der Waals surface area contributed by atoms with Gasteiger partial charge in [0.05, 0.1) is 31.5 Å². The number of rotatable bonds is 17. The molecular formula is C25H48N2O8. The van der Waals surface area contributed by atoms with E-state index in [-0.39, 0.29) is 30.6 Å². The Morgan fingerprint density at radius 1 is 1.06 bits per heavy atom. The summed E-state index contributed by atoms with van der Waals surface area (Å²) in [5.74, 6) is -0.151. The van der Waals surface area contributed by atoms with E-state index in [1.165, 1.54) is 0 Å². The zero-order valence-electron chi connectivity index (χ0n) is 21.8. The van der Waals surface area contributed by atoms with Crippen molar-refractivity contribution < 1.29 is 39.1 Å². The molecule has 10 nitrogen and oxygen atoms in total. The standard InChI is InChI=1S/C25H48N2O8/c1-18-23(30)24(31)21(16-28)35-25(18)34-13-9-5-8-12-26-11-7-4-6-10-22(29)27-15-20(33-3)14-19(27)17-32-2/h18-21,23-26,28,30-31H,4-17H2,1-3H3/t18?,19-,20+,21?,23?,24?,25?/m0/s1. The van der Waals surface area contributed by atoms with Crippen molar-refractivity contribution in [2.45, 2.75) is 95.0 Å². The third kappa shape index (κ3) is 9.85. The van der Waals surface area contributed by atoms with Crippen LogP contribution in [0.3, 0.4) is 0 Å². The van der Waals surface area contributed by atoms with Crippen LogP contribution in [0.15, 0.2) is 0 Å². The number of nitrogens with zero attached hydrogens (tertiary/aromatic N) is 1. The van der Waals surface area contributed by atoms with Crippen molar-refractivity contribution in [1.82, 2.24) is 10.2 Å². The van der Waals surface area contributed by atoms with E-state index in [0.29, 0.717) is 26.2 Å². The van der Waals surface area contributed by atoms with Crippen LogP contribution in [0.25, 0.3) is 0 Å². The van der Waals surface area contributed by atoms with Gasteiger partial charge >= 0.3 is 0 Å². The van der Waals surface area contributed by atoms with Gasteiger partial charge in [-0.05, 0) is 51.6 Å². The van der Waals surface area contributed by atoms with Gasteiger partial charge in [-0.2, -0.15) is 0 Å². The molecule has 0 saturated carbocycles. The second-order valence-electron chi connectivity index (χ2n) is 9.81. The van der Waals surface area contributed by atoms with E-state index >= 15 is 0 Å². The lowest BCUT2D eigenvalue weighted by Crippen LogP contribution is -2.55. The normalized spacial score (nSPS) is 31.3. The molecular weight excluding hydrogens is 456 g/mol. The Labute approximate surface area is 210 Å². The van der Waals surface area contributed by atoms with Crippen LogP contribution in [0.5, 0.6) is 0 Å². The molecule has 5 unspecified atom stereocenters. The summed E-state index contributed by atoms with van der Waals surface area (Å²) in [7, 11) is 3.37. The topological polar surface area (TPSA) is 130 Å². The minimum absolute atomic E-state index is 0.111. The Kier molecular flexibility index (Phi) is 14.6. The molecule has 2 rings (SSSR count). The van der Waals surface area contributed by atoms with Crippen LogP contribution in [-0.2, 0) is 23.7 Å². The summed E-state index contributed by atoms with van der Waals surface area (Å²) in [5.41, 5.74) is 0. The number of hydrogen-bond donors (Lipinski definition) is 4. The summed E-state index contributed by atoms with van der Waals surface area (Å²) < 4.78 is 22.0. The highest BCUT2D eigenvalue weighted by molar-refractivity contribution is 5.76. The SMILES string of the molecule is COC[C@@H]1C[C@@H](OC)CN1C(=O)CCCCCNCCCCCOC1OC(CO)C(O)C(O)C1C. The Balaban J connectivity index is 1.43. The lowest BCUT2D eigenvalue weighted by molar-refractivity contribution is -0.282. The first-order chi connectivity index (χ1) is 16.9. The van der Waals surface area contributed by atoms with Crippen LogP contribution in [-0.4, -0.2) is 117 Å². The summed E-state index contributed by atoms with van der Waals surface area (Å²) in [6, 6.07) is 0.125. The maximum atomic E-state index is 12.6. The van der Waals surface area contributed by atoms with Gasteiger partial charge in [-0.1, -0.05) is 13.3 Å². The van der Waals surface area contributed by atoms with Crippen LogP contribution in [0.4, 0.5) is 0 Å². The van der Waals surface area contributed by atoms with Gasteiger partial charge < -0.3 is 44.5 Å². The second kappa shape index (κ2) is 16.8. The van der Waals surface area contributed by atoms with Crippen molar-refractivity contribution in [1.29, 1.82) is 0 Å². The number of hydrogen-bond acceptors (Lipinski definition) is 9. The van der Waals surface area contributed by atoms with Gasteiger partial charge in [0.2, 0.25) is 5.91 Å². The largest absolute Gasteiger partial charge is 0.394 e. The van der Waals surface area contributed by atoms with Gasteiger partial charge in [0.1, 0.15) is 12.2 Å². The quantitative estimate of drug-likeness (QED) is 0.211. The Hall–Kier alpha value is -0.850. The second-order valence-corrected chi connectivity index (χ2v) is 9.81. The van der Waals surface area contributed by atoms with E-state index in [2.05, 4.69) is 5.32 Å². The van der Waals surface area contributed by atoms with Crippen LogP contribution in [0.2, 0.25) is 0 Å². The maximum Gasteiger partial charge on any atom is 0.222 e. The van der Waals surface area contributed by atoms with Crippen molar-refractivity contribution >= 4 is 5.91 Å². The van der Waals surface area contributed by atoms with Crippen LogP contribution in [0.1, 0.15) is 58.3 Å². The van der Waals surface area contributed by atoms with E-state index in [1.54, 1.807) is 21.1 Å². The first-order valence-corrected chi connectivity index (χ1v) is 13.2. The molecule has 0 aromatic carbocycles. The molecule has 2 saturated heterocycles. The molecule has 2 heterocycles. The number of nitrogens with one attached hydrogen (secondary N) is 1. The van der Waals surface area contributed by atoms with Crippen molar-refractivity contribution in [3.05, 3.63) is 0 Å². The van der Waals surface area contributed by atoms with E-state index < -0.39 is 24.6 Å². The molecule has 10 heteroatoms. The monoisotopic (exact) mass is 504 g/mol. The first-order valence-electron chi connectivity index (χ1n) is 13.2. The molecule has 0 aromatic rings. The molecule has 0 radical (unpaired) electrons. The number of aliphatic hydroxyl groups excluding tert-OH is 3. The third-order valence-electron chi connectivity index (χ3n) is 7.10. The van der Waals surface area contributed by atoms with Gasteiger partial charge in [0.25, 0.3) is 0 Å². The zero-order valence-corrected chi connectivity index (χ0v) is 21.8. The number of carbonyl (C=O) groups excluding carboxylic acids is 1. The molecule has 0 bridgehead atoms. The average Bonchev–Trinajstić information content (AvgIpc) is 3.27. The number of amides is 1. The molecule has 0 spiro atoms. The predicted molar refractivity (Wildman–Crippen MR) is 131 cm³/mol. The fraction of sp³-hybridized carbons (Fsp3) is 0.960. The number of methoxy groups -OCH3 is 2. The maximum absolute atomic E-state index is 12.6. The van der Waals surface area contributed by atoms with E-state index in [4.69, 9.17) is 18.9 Å². The summed E-state index contributed by atoms with van der Waals surface area (Å²) in [5, 5.41) is 32.7. The summed E-state index contributed by atoms with van der Waals surface area (Å²) in [6.07, 6.45) is 3.95. The van der Waals surface area contributed by atoms with Crippen LogP contribution >= 0.6 is 0 Å². The number of aliphatic hydroxyl groups is 3.